The molecule has 22 heavy (non-hydrogen) atoms. The number of benzene rings is 1. The van der Waals surface area contributed by atoms with E-state index in [9.17, 15) is 9.59 Å². The van der Waals surface area contributed by atoms with E-state index in [2.05, 4.69) is 5.32 Å². The van der Waals surface area contributed by atoms with E-state index in [1.165, 1.54) is 6.07 Å². The van der Waals surface area contributed by atoms with Gasteiger partial charge in [-0.25, -0.2) is 4.79 Å². The summed E-state index contributed by atoms with van der Waals surface area (Å²) in [5, 5.41) is 11.8. The van der Waals surface area contributed by atoms with E-state index in [4.69, 9.17) is 9.84 Å². The molecule has 2 heterocycles. The third kappa shape index (κ3) is 2.96. The van der Waals surface area contributed by atoms with E-state index in [0.29, 0.717) is 18.0 Å². The fourth-order valence-corrected chi connectivity index (χ4v) is 3.27. The van der Waals surface area contributed by atoms with Gasteiger partial charge in [-0.05, 0) is 30.2 Å². The van der Waals surface area contributed by atoms with E-state index in [0.717, 1.165) is 29.1 Å². The number of hydrogen-bond donors (Lipinski definition) is 2. The summed E-state index contributed by atoms with van der Waals surface area (Å²) in [7, 11) is 0. The van der Waals surface area contributed by atoms with Crippen molar-refractivity contribution in [3.8, 4) is 5.75 Å². The normalized spacial score (nSPS) is 16.5. The molecule has 0 spiro atoms. The highest BCUT2D eigenvalue weighted by molar-refractivity contribution is 7.15. The molecule has 1 aromatic carbocycles. The first-order chi connectivity index (χ1) is 10.6. The lowest BCUT2D eigenvalue weighted by Gasteiger charge is -2.25. The number of nitrogens with one attached hydrogen (secondary N) is 1. The van der Waals surface area contributed by atoms with Crippen molar-refractivity contribution in [2.24, 2.45) is 0 Å². The minimum atomic E-state index is -1.01. The van der Waals surface area contributed by atoms with Gasteiger partial charge in [-0.2, -0.15) is 0 Å². The summed E-state index contributed by atoms with van der Waals surface area (Å²) >= 11 is 0.985. The fraction of sp³-hybridized carbons (Fsp3) is 0.250. The molecule has 1 atom stereocenters. The second-order valence-corrected chi connectivity index (χ2v) is 6.13. The predicted octanol–water partition coefficient (Wildman–Crippen LogP) is 2.74. The molecule has 0 saturated carbocycles. The van der Waals surface area contributed by atoms with Crippen molar-refractivity contribution in [3.63, 3.8) is 0 Å². The molecule has 5 nitrogen and oxygen atoms in total. The molecule has 0 bridgehead atoms. The van der Waals surface area contributed by atoms with Crippen LogP contribution in [-0.4, -0.2) is 30.1 Å². The van der Waals surface area contributed by atoms with Crippen LogP contribution in [0.4, 0.5) is 0 Å². The van der Waals surface area contributed by atoms with Gasteiger partial charge >= 0.3 is 5.97 Å². The Morgan fingerprint density at radius 3 is 2.77 bits per heavy atom. The number of thiophene rings is 1. The number of carboxylic acid groups (broad SMARTS) is 1. The number of carboxylic acids is 1. The Hall–Kier alpha value is -2.34. The lowest BCUT2D eigenvalue weighted by atomic mass is 9.93. The van der Waals surface area contributed by atoms with Crippen LogP contribution in [0, 0.1) is 0 Å². The molecule has 1 amide bonds. The monoisotopic (exact) mass is 317 g/mol. The van der Waals surface area contributed by atoms with Crippen molar-refractivity contribution in [3.05, 3.63) is 51.7 Å². The minimum absolute atomic E-state index is 0.168. The van der Waals surface area contributed by atoms with Gasteiger partial charge in [-0.15, -0.1) is 11.3 Å². The number of carbonyl (C=O) groups is 2. The van der Waals surface area contributed by atoms with Gasteiger partial charge in [0.05, 0.1) is 11.5 Å². The molecule has 6 heteroatoms. The van der Waals surface area contributed by atoms with E-state index in [1.807, 2.05) is 24.3 Å². The van der Waals surface area contributed by atoms with Crippen molar-refractivity contribution in [1.82, 2.24) is 5.32 Å². The number of carbonyl (C=O) groups excluding carboxylic acids is 1. The fourth-order valence-electron chi connectivity index (χ4n) is 2.51. The molecule has 0 aliphatic carbocycles. The zero-order valence-corrected chi connectivity index (χ0v) is 12.6. The predicted molar refractivity (Wildman–Crippen MR) is 82.9 cm³/mol. The van der Waals surface area contributed by atoms with E-state index >= 15 is 0 Å². The van der Waals surface area contributed by atoms with E-state index in [1.54, 1.807) is 6.07 Å². The largest absolute Gasteiger partial charge is 0.493 e. The number of para-hydroxylation sites is 1. The molecule has 3 rings (SSSR count). The highest BCUT2D eigenvalue weighted by Crippen LogP contribution is 2.32. The topological polar surface area (TPSA) is 75.6 Å². The Morgan fingerprint density at radius 2 is 2.00 bits per heavy atom. The first-order valence-electron chi connectivity index (χ1n) is 6.98. The Morgan fingerprint density at radius 1 is 1.23 bits per heavy atom. The Bertz CT molecular complexity index is 710. The van der Waals surface area contributed by atoms with E-state index in [-0.39, 0.29) is 16.7 Å². The maximum Gasteiger partial charge on any atom is 0.345 e. The minimum Gasteiger partial charge on any atom is -0.493 e. The van der Waals surface area contributed by atoms with Crippen molar-refractivity contribution >= 4 is 23.2 Å². The summed E-state index contributed by atoms with van der Waals surface area (Å²) in [5.41, 5.74) is 1.10. The van der Waals surface area contributed by atoms with Gasteiger partial charge in [-0.3, -0.25) is 4.79 Å². The van der Waals surface area contributed by atoms with Crippen molar-refractivity contribution in [2.45, 2.75) is 12.3 Å². The summed E-state index contributed by atoms with van der Waals surface area (Å²) in [5.74, 6) is -0.158. The van der Waals surface area contributed by atoms with Crippen LogP contribution in [0.1, 0.15) is 37.2 Å². The quantitative estimate of drug-likeness (QED) is 0.909. The first kappa shape index (κ1) is 14.6. The van der Waals surface area contributed by atoms with Crippen LogP contribution >= 0.6 is 11.3 Å². The Kier molecular flexibility index (Phi) is 4.11. The number of hydrogen-bond acceptors (Lipinski definition) is 4. The van der Waals surface area contributed by atoms with Crippen LogP contribution in [0.15, 0.2) is 36.4 Å². The summed E-state index contributed by atoms with van der Waals surface area (Å²) in [6.45, 7) is 1.15. The Labute approximate surface area is 131 Å². The SMILES string of the molecule is O=C(O)c1ccc(C(=O)NCC2CCOc3ccccc32)s1. The number of fused-ring (bicyclic) bond motifs is 1. The second kappa shape index (κ2) is 6.19. The van der Waals surface area contributed by atoms with Crippen LogP contribution in [0.25, 0.3) is 0 Å². The Balaban J connectivity index is 1.65. The highest BCUT2D eigenvalue weighted by Gasteiger charge is 2.22. The summed E-state index contributed by atoms with van der Waals surface area (Å²) in [6, 6.07) is 10.8. The lowest BCUT2D eigenvalue weighted by molar-refractivity contribution is 0.0702. The van der Waals surface area contributed by atoms with Crippen molar-refractivity contribution in [2.75, 3.05) is 13.2 Å². The van der Waals surface area contributed by atoms with Gasteiger partial charge < -0.3 is 15.2 Å². The van der Waals surface area contributed by atoms with E-state index < -0.39 is 5.97 Å². The van der Waals surface area contributed by atoms with Crippen LogP contribution in [0.5, 0.6) is 5.75 Å². The lowest BCUT2D eigenvalue weighted by Crippen LogP contribution is -2.30. The molecular formula is C16H15NO4S. The zero-order chi connectivity index (χ0) is 15.5. The third-order valence-electron chi connectivity index (χ3n) is 3.63. The van der Waals surface area contributed by atoms with Crippen molar-refractivity contribution in [1.29, 1.82) is 0 Å². The van der Waals surface area contributed by atoms with Crippen LogP contribution < -0.4 is 10.1 Å². The van der Waals surface area contributed by atoms with Crippen LogP contribution in [0.2, 0.25) is 0 Å². The molecule has 2 aromatic rings. The van der Waals surface area contributed by atoms with Crippen molar-refractivity contribution < 1.29 is 19.4 Å². The molecule has 1 unspecified atom stereocenters. The number of ether oxygens (including phenoxy) is 1. The molecule has 0 saturated heterocycles. The van der Waals surface area contributed by atoms with Gasteiger partial charge in [0, 0.05) is 12.5 Å². The average molecular weight is 317 g/mol. The van der Waals surface area contributed by atoms with Gasteiger partial charge in [0.1, 0.15) is 10.6 Å². The first-order valence-corrected chi connectivity index (χ1v) is 7.80. The number of rotatable bonds is 4. The molecule has 114 valence electrons. The molecule has 0 fully saturated rings. The summed E-state index contributed by atoms with van der Waals surface area (Å²) in [4.78, 5) is 23.5. The number of aromatic carboxylic acids is 1. The number of amides is 1. The maximum atomic E-state index is 12.1. The van der Waals surface area contributed by atoms with Crippen LogP contribution in [-0.2, 0) is 0 Å². The van der Waals surface area contributed by atoms with Gasteiger partial charge in [0.2, 0.25) is 0 Å². The zero-order valence-electron chi connectivity index (χ0n) is 11.7. The van der Waals surface area contributed by atoms with Gasteiger partial charge in [-0.1, -0.05) is 18.2 Å². The molecule has 1 aliphatic heterocycles. The maximum absolute atomic E-state index is 12.1. The van der Waals surface area contributed by atoms with Gasteiger partial charge in [0.25, 0.3) is 5.91 Å². The smallest absolute Gasteiger partial charge is 0.345 e. The second-order valence-electron chi connectivity index (χ2n) is 5.05. The summed E-state index contributed by atoms with van der Waals surface area (Å²) in [6.07, 6.45) is 0.849. The third-order valence-corrected chi connectivity index (χ3v) is 4.70. The van der Waals surface area contributed by atoms with Crippen LogP contribution in [0.3, 0.4) is 0 Å². The van der Waals surface area contributed by atoms with Gasteiger partial charge in [0.15, 0.2) is 0 Å². The average Bonchev–Trinajstić information content (AvgIpc) is 3.03. The molecular weight excluding hydrogens is 302 g/mol. The molecule has 1 aliphatic rings. The molecule has 1 aromatic heterocycles. The summed E-state index contributed by atoms with van der Waals surface area (Å²) < 4.78 is 5.60. The highest BCUT2D eigenvalue weighted by atomic mass is 32.1. The molecule has 2 N–H and O–H groups in total. The molecule has 0 radical (unpaired) electrons. The standard InChI is InChI=1S/C16H15NO4S/c18-15(13-5-6-14(22-13)16(19)20)17-9-10-7-8-21-12-4-2-1-3-11(10)12/h1-6,10H,7-9H2,(H,17,18)(H,19,20).